The number of aliphatic hydroxyl groups is 1. The predicted molar refractivity (Wildman–Crippen MR) is 53.5 cm³/mol. The van der Waals surface area contributed by atoms with Crippen LogP contribution in [0.1, 0.15) is 25.8 Å². The third-order valence-electron chi connectivity index (χ3n) is 2.04. The maximum absolute atomic E-state index is 11.3. The lowest BCUT2D eigenvalue weighted by Crippen LogP contribution is -2.16. The molecule has 0 radical (unpaired) electrons. The molecule has 1 atom stereocenters. The molecule has 0 aliphatic heterocycles. The molecule has 1 aromatic heterocycles. The van der Waals surface area contributed by atoms with Crippen molar-refractivity contribution in [2.24, 2.45) is 0 Å². The summed E-state index contributed by atoms with van der Waals surface area (Å²) in [5.74, 6) is 0.566. The van der Waals surface area contributed by atoms with E-state index in [-0.39, 0.29) is 11.8 Å². The van der Waals surface area contributed by atoms with Crippen molar-refractivity contribution in [3.05, 3.63) is 10.5 Å². The number of aliphatic hydroxyl groups excluding tert-OH is 1. The summed E-state index contributed by atoms with van der Waals surface area (Å²) in [6, 6.07) is 0.331. The Kier molecular flexibility index (Phi) is 2.64. The van der Waals surface area contributed by atoms with Crippen LogP contribution in [0, 0.1) is 0 Å². The van der Waals surface area contributed by atoms with Crippen LogP contribution < -0.4 is 5.69 Å². The van der Waals surface area contributed by atoms with Gasteiger partial charge < -0.3 is 5.11 Å². The van der Waals surface area contributed by atoms with Crippen LogP contribution in [0.15, 0.2) is 9.95 Å². The average Bonchev–Trinajstić information content (AvgIpc) is 2.88. The highest BCUT2D eigenvalue weighted by molar-refractivity contribution is 7.99. The topological polar surface area (TPSA) is 70.9 Å². The van der Waals surface area contributed by atoms with E-state index in [0.717, 1.165) is 12.8 Å². The second kappa shape index (κ2) is 3.78. The summed E-state index contributed by atoms with van der Waals surface area (Å²) in [5.41, 5.74) is -0.138. The maximum Gasteiger partial charge on any atom is 0.344 e. The number of rotatable bonds is 4. The first-order valence-corrected chi connectivity index (χ1v) is 5.65. The van der Waals surface area contributed by atoms with E-state index < -0.39 is 0 Å². The van der Waals surface area contributed by atoms with Crippen LogP contribution in [0.25, 0.3) is 0 Å². The van der Waals surface area contributed by atoms with Gasteiger partial charge in [-0.3, -0.25) is 4.57 Å². The zero-order valence-corrected chi connectivity index (χ0v) is 8.75. The molecule has 14 heavy (non-hydrogen) atoms. The molecule has 0 saturated heterocycles. The van der Waals surface area contributed by atoms with Crippen LogP contribution in [0.2, 0.25) is 0 Å². The zero-order chi connectivity index (χ0) is 10.1. The van der Waals surface area contributed by atoms with Gasteiger partial charge in [-0.15, -0.1) is 5.10 Å². The van der Waals surface area contributed by atoms with E-state index in [2.05, 4.69) is 10.2 Å². The van der Waals surface area contributed by atoms with E-state index in [1.54, 1.807) is 11.5 Å². The molecule has 1 aliphatic carbocycles. The van der Waals surface area contributed by atoms with Gasteiger partial charge >= 0.3 is 5.69 Å². The number of aromatic nitrogens is 3. The third-order valence-corrected chi connectivity index (χ3v) is 3.23. The number of hydrogen-bond acceptors (Lipinski definition) is 4. The van der Waals surface area contributed by atoms with E-state index in [0.29, 0.717) is 17.0 Å². The van der Waals surface area contributed by atoms with Crippen LogP contribution in [0.3, 0.4) is 0 Å². The first-order valence-electron chi connectivity index (χ1n) is 4.66. The van der Waals surface area contributed by atoms with Gasteiger partial charge in [0.15, 0.2) is 5.16 Å². The number of H-pyrrole nitrogens is 1. The molecular formula is C8H13N3O2S. The fourth-order valence-electron chi connectivity index (χ4n) is 1.24. The SMILES string of the molecule is C[C@@H](O)CSc1n[nH]c(=O)n1C1CC1. The van der Waals surface area contributed by atoms with E-state index in [1.807, 2.05) is 0 Å². The van der Waals surface area contributed by atoms with Crippen molar-refractivity contribution in [2.45, 2.75) is 37.1 Å². The van der Waals surface area contributed by atoms with Gasteiger partial charge in [0.2, 0.25) is 0 Å². The minimum atomic E-state index is -0.376. The van der Waals surface area contributed by atoms with Gasteiger partial charge in [0.25, 0.3) is 0 Å². The van der Waals surface area contributed by atoms with E-state index in [9.17, 15) is 4.79 Å². The zero-order valence-electron chi connectivity index (χ0n) is 7.93. The fourth-order valence-corrected chi connectivity index (χ4v) is 2.11. The number of nitrogens with zero attached hydrogens (tertiary/aromatic N) is 2. The Morgan fingerprint density at radius 3 is 3.07 bits per heavy atom. The number of nitrogens with one attached hydrogen (secondary N) is 1. The lowest BCUT2D eigenvalue weighted by atomic mass is 10.5. The molecule has 1 aromatic rings. The summed E-state index contributed by atoms with van der Waals surface area (Å²) in [5, 5.41) is 16.2. The van der Waals surface area contributed by atoms with Crippen LogP contribution in [0.4, 0.5) is 0 Å². The Morgan fingerprint density at radius 2 is 2.50 bits per heavy atom. The molecule has 78 valence electrons. The molecule has 0 amide bonds. The molecule has 1 fully saturated rings. The van der Waals surface area contributed by atoms with Gasteiger partial charge in [-0.05, 0) is 19.8 Å². The van der Waals surface area contributed by atoms with Crippen molar-refractivity contribution in [1.29, 1.82) is 0 Å². The quantitative estimate of drug-likeness (QED) is 0.712. The second-order valence-electron chi connectivity index (χ2n) is 3.57. The third kappa shape index (κ3) is 2.01. The number of thioether (sulfide) groups is 1. The number of hydrogen-bond donors (Lipinski definition) is 2. The first kappa shape index (κ1) is 9.79. The van der Waals surface area contributed by atoms with Gasteiger partial charge in [-0.25, -0.2) is 9.89 Å². The summed E-state index contributed by atoms with van der Waals surface area (Å²) < 4.78 is 1.69. The molecule has 0 spiro atoms. The normalized spacial score (nSPS) is 18.4. The van der Waals surface area contributed by atoms with Crippen LogP contribution >= 0.6 is 11.8 Å². The first-order chi connectivity index (χ1) is 6.68. The van der Waals surface area contributed by atoms with Gasteiger partial charge in [0.05, 0.1) is 6.10 Å². The molecule has 5 nitrogen and oxygen atoms in total. The van der Waals surface area contributed by atoms with Gasteiger partial charge in [-0.1, -0.05) is 11.8 Å². The Balaban J connectivity index is 2.12. The molecule has 6 heteroatoms. The summed E-state index contributed by atoms with van der Waals surface area (Å²) in [6.45, 7) is 1.72. The van der Waals surface area contributed by atoms with Crippen LogP contribution in [0.5, 0.6) is 0 Å². The average molecular weight is 215 g/mol. The van der Waals surface area contributed by atoms with Gasteiger partial charge in [0, 0.05) is 11.8 Å². The number of aromatic amines is 1. The second-order valence-corrected chi connectivity index (χ2v) is 4.56. The Morgan fingerprint density at radius 1 is 1.79 bits per heavy atom. The van der Waals surface area contributed by atoms with E-state index in [4.69, 9.17) is 5.11 Å². The largest absolute Gasteiger partial charge is 0.393 e. The lowest BCUT2D eigenvalue weighted by molar-refractivity contribution is 0.220. The molecule has 2 rings (SSSR count). The molecule has 0 bridgehead atoms. The van der Waals surface area contributed by atoms with Crippen molar-refractivity contribution in [3.63, 3.8) is 0 Å². The predicted octanol–water partition coefficient (Wildman–Crippen LogP) is 0.379. The van der Waals surface area contributed by atoms with Crippen molar-refractivity contribution in [2.75, 3.05) is 5.75 Å². The van der Waals surface area contributed by atoms with Crippen molar-refractivity contribution in [3.8, 4) is 0 Å². The van der Waals surface area contributed by atoms with Gasteiger partial charge in [-0.2, -0.15) is 0 Å². The van der Waals surface area contributed by atoms with Crippen molar-refractivity contribution >= 4 is 11.8 Å². The Hall–Kier alpha value is -0.750. The van der Waals surface area contributed by atoms with Crippen LogP contribution in [-0.2, 0) is 0 Å². The van der Waals surface area contributed by atoms with Crippen molar-refractivity contribution in [1.82, 2.24) is 14.8 Å². The van der Waals surface area contributed by atoms with E-state index >= 15 is 0 Å². The maximum atomic E-state index is 11.3. The molecule has 0 aromatic carbocycles. The molecule has 1 heterocycles. The van der Waals surface area contributed by atoms with Crippen molar-refractivity contribution < 1.29 is 5.11 Å². The molecule has 1 aliphatic rings. The highest BCUT2D eigenvalue weighted by Crippen LogP contribution is 2.35. The summed E-state index contributed by atoms with van der Waals surface area (Å²) in [6.07, 6.45) is 1.74. The minimum Gasteiger partial charge on any atom is -0.393 e. The molecule has 2 N–H and O–H groups in total. The summed E-state index contributed by atoms with van der Waals surface area (Å²) >= 11 is 1.41. The molecule has 1 saturated carbocycles. The van der Waals surface area contributed by atoms with Crippen LogP contribution in [-0.4, -0.2) is 31.7 Å². The monoisotopic (exact) mass is 215 g/mol. The minimum absolute atomic E-state index is 0.138. The molecular weight excluding hydrogens is 202 g/mol. The summed E-state index contributed by atoms with van der Waals surface area (Å²) in [4.78, 5) is 11.3. The smallest absolute Gasteiger partial charge is 0.344 e. The Labute approximate surface area is 85.5 Å². The highest BCUT2D eigenvalue weighted by Gasteiger charge is 2.28. The van der Waals surface area contributed by atoms with Gasteiger partial charge in [0.1, 0.15) is 0 Å². The fraction of sp³-hybridized carbons (Fsp3) is 0.750. The lowest BCUT2D eigenvalue weighted by Gasteiger charge is -2.04. The molecule has 0 unspecified atom stereocenters. The highest BCUT2D eigenvalue weighted by atomic mass is 32.2. The standard InChI is InChI=1S/C8H13N3O2S/c1-5(12)4-14-8-10-9-7(13)11(8)6-2-3-6/h5-6,12H,2-4H2,1H3,(H,9,13)/t5-/m1/s1. The summed E-state index contributed by atoms with van der Waals surface area (Å²) in [7, 11) is 0. The Bertz CT molecular complexity index is 367. The van der Waals surface area contributed by atoms with E-state index in [1.165, 1.54) is 11.8 Å².